The Kier molecular flexibility index (Phi) is 4.37. The maximum absolute atomic E-state index is 12.7. The molecule has 0 atom stereocenters. The highest BCUT2D eigenvalue weighted by molar-refractivity contribution is 7.90. The lowest BCUT2D eigenvalue weighted by Crippen LogP contribution is -2.06. The van der Waals surface area contributed by atoms with Crippen molar-refractivity contribution in [2.75, 3.05) is 0 Å². The fraction of sp³-hybridized carbons (Fsp3) is 0.0526. The zero-order valence-electron chi connectivity index (χ0n) is 15.1. The molecule has 3 heterocycles. The van der Waals surface area contributed by atoms with E-state index in [1.54, 1.807) is 30.3 Å². The van der Waals surface area contributed by atoms with Crippen LogP contribution in [0.25, 0.3) is 33.9 Å². The van der Waals surface area contributed by atoms with Crippen LogP contribution < -0.4 is 0 Å². The summed E-state index contributed by atoms with van der Waals surface area (Å²) in [6.45, 7) is 0. The van der Waals surface area contributed by atoms with Gasteiger partial charge in [0.05, 0.1) is 0 Å². The molecule has 30 heavy (non-hydrogen) atoms. The average Bonchev–Trinajstić information content (AvgIpc) is 3.47. The fourth-order valence-corrected chi connectivity index (χ4v) is 3.96. The predicted molar refractivity (Wildman–Crippen MR) is 107 cm³/mol. The van der Waals surface area contributed by atoms with Gasteiger partial charge in [-0.05, 0) is 36.4 Å². The number of rotatable bonds is 5. The average molecular weight is 442 g/mol. The largest absolute Gasteiger partial charge is 0.406 e. The quantitative estimate of drug-likeness (QED) is 0.435. The van der Waals surface area contributed by atoms with Gasteiger partial charge in [-0.2, -0.15) is 4.98 Å². The van der Waals surface area contributed by atoms with E-state index in [2.05, 4.69) is 25.3 Å². The molecule has 0 fully saturated rings. The van der Waals surface area contributed by atoms with Crippen LogP contribution in [-0.4, -0.2) is 33.7 Å². The van der Waals surface area contributed by atoms with Crippen molar-refractivity contribution >= 4 is 32.3 Å². The van der Waals surface area contributed by atoms with Gasteiger partial charge in [-0.25, -0.2) is 8.42 Å². The zero-order chi connectivity index (χ0) is 20.7. The molecule has 11 heteroatoms. The molecular formula is C19H12ClN5O4S. The highest BCUT2D eigenvalue weighted by Gasteiger charge is 2.26. The number of aromatic amines is 1. The number of fused-ring (bicyclic) bond motifs is 1. The van der Waals surface area contributed by atoms with Gasteiger partial charge in [0.2, 0.25) is 9.84 Å². The molecular weight excluding hydrogens is 430 g/mol. The van der Waals surface area contributed by atoms with Crippen molar-refractivity contribution in [2.24, 2.45) is 0 Å². The summed E-state index contributed by atoms with van der Waals surface area (Å²) in [5.74, 6) is -0.315. The van der Waals surface area contributed by atoms with E-state index in [0.29, 0.717) is 16.3 Å². The Hall–Kier alpha value is -3.50. The van der Waals surface area contributed by atoms with Crippen molar-refractivity contribution in [1.82, 2.24) is 25.3 Å². The number of halogens is 1. The Labute approximate surface area is 174 Å². The molecule has 150 valence electrons. The first-order valence-electron chi connectivity index (χ1n) is 8.71. The smallest absolute Gasteiger partial charge is 0.336 e. The first-order chi connectivity index (χ1) is 14.5. The summed E-state index contributed by atoms with van der Waals surface area (Å²) >= 11 is 5.86. The second kappa shape index (κ2) is 7.08. The lowest BCUT2D eigenvalue weighted by atomic mass is 10.2. The van der Waals surface area contributed by atoms with E-state index < -0.39 is 20.8 Å². The molecule has 0 spiro atoms. The SMILES string of the molecule is O=S(=O)(Cc1noc(-c2ccc(Cl)cc2)n1)c1nnc(-c2cc3ccccc3[nH]2)o1. The van der Waals surface area contributed by atoms with E-state index in [1.807, 2.05) is 24.3 Å². The van der Waals surface area contributed by atoms with Crippen LogP contribution in [0.5, 0.6) is 0 Å². The number of aromatic nitrogens is 5. The standard InChI is InChI=1S/C19H12ClN5O4S/c20-13-7-5-11(6-8-13)17-22-16(25-29-17)10-30(26,27)19-24-23-18(28-19)15-9-12-3-1-2-4-14(12)21-15/h1-9,21H,10H2. The summed E-state index contributed by atoms with van der Waals surface area (Å²) in [6, 6.07) is 16.1. The van der Waals surface area contributed by atoms with Gasteiger partial charge in [-0.1, -0.05) is 40.1 Å². The van der Waals surface area contributed by atoms with Crippen molar-refractivity contribution in [2.45, 2.75) is 11.0 Å². The molecule has 5 aromatic rings. The molecule has 0 saturated heterocycles. The first kappa shape index (κ1) is 18.5. The summed E-state index contributed by atoms with van der Waals surface area (Å²) in [6.07, 6.45) is 0. The van der Waals surface area contributed by atoms with E-state index in [4.69, 9.17) is 20.5 Å². The van der Waals surface area contributed by atoms with Gasteiger partial charge in [-0.15, -0.1) is 5.10 Å². The number of hydrogen-bond acceptors (Lipinski definition) is 8. The van der Waals surface area contributed by atoms with Gasteiger partial charge in [0.1, 0.15) is 11.4 Å². The minimum absolute atomic E-state index is 0.0229. The van der Waals surface area contributed by atoms with Gasteiger partial charge < -0.3 is 13.9 Å². The molecule has 0 aliphatic rings. The van der Waals surface area contributed by atoms with E-state index in [0.717, 1.165) is 10.9 Å². The van der Waals surface area contributed by atoms with Gasteiger partial charge >= 0.3 is 5.22 Å². The molecule has 0 bridgehead atoms. The summed E-state index contributed by atoms with van der Waals surface area (Å²) in [5.41, 5.74) is 2.01. The number of benzene rings is 2. The van der Waals surface area contributed by atoms with Crippen LogP contribution in [0.4, 0.5) is 0 Å². The number of H-pyrrole nitrogens is 1. The molecule has 1 N–H and O–H groups in total. The van der Waals surface area contributed by atoms with Crippen molar-refractivity contribution in [3.63, 3.8) is 0 Å². The molecule has 5 rings (SSSR count). The Bertz CT molecular complexity index is 1420. The minimum atomic E-state index is -3.97. The monoisotopic (exact) mass is 441 g/mol. The number of nitrogens with one attached hydrogen (secondary N) is 1. The van der Waals surface area contributed by atoms with Gasteiger partial charge in [0.25, 0.3) is 11.8 Å². The maximum atomic E-state index is 12.7. The molecule has 0 aliphatic carbocycles. The Morgan fingerprint density at radius 1 is 1.00 bits per heavy atom. The van der Waals surface area contributed by atoms with E-state index in [9.17, 15) is 8.42 Å². The summed E-state index contributed by atoms with van der Waals surface area (Å²) in [5, 5.41) is 12.2. The van der Waals surface area contributed by atoms with Crippen LogP contribution >= 0.6 is 11.6 Å². The second-order valence-corrected chi connectivity index (χ2v) is 8.73. The van der Waals surface area contributed by atoms with Gasteiger partial charge in [0, 0.05) is 21.5 Å². The molecule has 0 saturated carbocycles. The maximum Gasteiger partial charge on any atom is 0.336 e. The minimum Gasteiger partial charge on any atom is -0.406 e. The molecule has 2 aromatic carbocycles. The van der Waals surface area contributed by atoms with Gasteiger partial charge in [-0.3, -0.25) is 0 Å². The number of hydrogen-bond donors (Lipinski definition) is 1. The Balaban J connectivity index is 1.39. The third kappa shape index (κ3) is 3.46. The molecule has 0 unspecified atom stereocenters. The molecule has 0 radical (unpaired) electrons. The van der Waals surface area contributed by atoms with Crippen molar-refractivity contribution < 1.29 is 17.4 Å². The summed E-state index contributed by atoms with van der Waals surface area (Å²) in [4.78, 5) is 7.23. The van der Waals surface area contributed by atoms with E-state index >= 15 is 0 Å². The van der Waals surface area contributed by atoms with Crippen LogP contribution in [0.15, 0.2) is 68.8 Å². The van der Waals surface area contributed by atoms with Crippen LogP contribution in [0.3, 0.4) is 0 Å². The van der Waals surface area contributed by atoms with E-state index in [-0.39, 0.29) is 17.6 Å². The first-order valence-corrected chi connectivity index (χ1v) is 10.7. The van der Waals surface area contributed by atoms with Gasteiger partial charge in [0.15, 0.2) is 5.82 Å². The fourth-order valence-electron chi connectivity index (χ4n) is 2.89. The topological polar surface area (TPSA) is 128 Å². The highest BCUT2D eigenvalue weighted by atomic mass is 35.5. The predicted octanol–water partition coefficient (Wildman–Crippen LogP) is 3.90. The molecule has 0 amide bonds. The Morgan fingerprint density at radius 2 is 1.80 bits per heavy atom. The van der Waals surface area contributed by atoms with Crippen molar-refractivity contribution in [1.29, 1.82) is 0 Å². The Morgan fingerprint density at radius 3 is 2.60 bits per heavy atom. The highest BCUT2D eigenvalue weighted by Crippen LogP contribution is 2.25. The lowest BCUT2D eigenvalue weighted by Gasteiger charge is -1.94. The zero-order valence-corrected chi connectivity index (χ0v) is 16.7. The molecule has 9 nitrogen and oxygen atoms in total. The number of nitrogens with zero attached hydrogens (tertiary/aromatic N) is 4. The second-order valence-electron chi connectivity index (χ2n) is 6.43. The lowest BCUT2D eigenvalue weighted by molar-refractivity contribution is 0.421. The third-order valence-corrected chi connectivity index (χ3v) is 5.90. The number of sulfone groups is 1. The summed E-state index contributed by atoms with van der Waals surface area (Å²) < 4.78 is 35.9. The number of para-hydroxylation sites is 1. The van der Waals surface area contributed by atoms with Crippen LogP contribution in [0.1, 0.15) is 5.82 Å². The van der Waals surface area contributed by atoms with Crippen molar-refractivity contribution in [3.8, 4) is 23.0 Å². The van der Waals surface area contributed by atoms with E-state index in [1.165, 1.54) is 0 Å². The van der Waals surface area contributed by atoms with Crippen LogP contribution in [0, 0.1) is 0 Å². The molecule has 3 aromatic heterocycles. The van der Waals surface area contributed by atoms with Crippen LogP contribution in [-0.2, 0) is 15.6 Å². The van der Waals surface area contributed by atoms with Crippen molar-refractivity contribution in [3.05, 3.63) is 65.4 Å². The molecule has 0 aliphatic heterocycles. The normalized spacial score (nSPS) is 11.9. The third-order valence-electron chi connectivity index (χ3n) is 4.31. The van der Waals surface area contributed by atoms with Crippen LogP contribution in [0.2, 0.25) is 5.02 Å². The summed E-state index contributed by atoms with van der Waals surface area (Å²) in [7, 11) is -3.97.